The number of rotatable bonds is 10. The normalized spacial score (nSPS) is 11.6. The summed E-state index contributed by atoms with van der Waals surface area (Å²) in [5.74, 6) is 0.697. The highest BCUT2D eigenvalue weighted by Crippen LogP contribution is 2.25. The topological polar surface area (TPSA) is 52.6 Å². The molecule has 0 aliphatic rings. The lowest BCUT2D eigenvalue weighted by molar-refractivity contribution is -0.108. The summed E-state index contributed by atoms with van der Waals surface area (Å²) in [6.07, 6.45) is 4.26. The fourth-order valence-electron chi connectivity index (χ4n) is 2.75. The first kappa shape index (κ1) is 18.7. The number of benzene rings is 2. The van der Waals surface area contributed by atoms with Crippen molar-refractivity contribution in [3.63, 3.8) is 0 Å². The summed E-state index contributed by atoms with van der Waals surface area (Å²) in [6.45, 7) is 0.666. The van der Waals surface area contributed by atoms with Crippen molar-refractivity contribution in [1.29, 1.82) is 0 Å². The molecule has 4 nitrogen and oxygen atoms in total. The Balaban J connectivity index is 1.81. The van der Waals surface area contributed by atoms with Crippen LogP contribution in [0.15, 0.2) is 54.6 Å². The van der Waals surface area contributed by atoms with Gasteiger partial charge in [0.1, 0.15) is 12.0 Å². The van der Waals surface area contributed by atoms with Gasteiger partial charge in [0.15, 0.2) is 0 Å². The van der Waals surface area contributed by atoms with Crippen LogP contribution in [0.1, 0.15) is 47.5 Å². The largest absolute Gasteiger partial charge is 0.494 e. The monoisotopic (exact) mass is 340 g/mol. The standard InChI is InChI=1S/C21H24O4/c1-24-21(23)19-12-10-18(11-13-19)17(14-15-22)7-5-6-16-25-20-8-3-2-4-9-20/h2-4,8-13,15,17H,5-7,14,16H2,1H3. The number of hydrogen-bond donors (Lipinski definition) is 0. The molecule has 2 aromatic carbocycles. The molecule has 0 heterocycles. The van der Waals surface area contributed by atoms with Crippen LogP contribution in [0, 0.1) is 0 Å². The highest BCUT2D eigenvalue weighted by atomic mass is 16.5. The zero-order valence-corrected chi connectivity index (χ0v) is 14.5. The van der Waals surface area contributed by atoms with E-state index < -0.39 is 0 Å². The molecule has 0 fully saturated rings. The maximum atomic E-state index is 11.5. The molecular formula is C21H24O4. The maximum absolute atomic E-state index is 11.5. The molecule has 0 N–H and O–H groups in total. The van der Waals surface area contributed by atoms with Gasteiger partial charge < -0.3 is 14.3 Å². The third-order valence-electron chi connectivity index (χ3n) is 4.14. The molecule has 0 saturated carbocycles. The molecule has 2 rings (SSSR count). The van der Waals surface area contributed by atoms with Gasteiger partial charge in [-0.3, -0.25) is 0 Å². The molecule has 0 spiro atoms. The molecule has 132 valence electrons. The molecule has 1 unspecified atom stereocenters. The quantitative estimate of drug-likeness (QED) is 0.365. The molecule has 2 aromatic rings. The fraction of sp³-hybridized carbons (Fsp3) is 0.333. The zero-order valence-electron chi connectivity index (χ0n) is 14.5. The number of aldehydes is 1. The average molecular weight is 340 g/mol. The van der Waals surface area contributed by atoms with E-state index in [0.717, 1.165) is 36.9 Å². The average Bonchev–Trinajstić information content (AvgIpc) is 2.67. The van der Waals surface area contributed by atoms with Gasteiger partial charge >= 0.3 is 5.97 Å². The Labute approximate surface area is 148 Å². The second-order valence-corrected chi connectivity index (χ2v) is 5.87. The predicted octanol–water partition coefficient (Wildman–Crippen LogP) is 4.40. The Morgan fingerprint density at radius 2 is 1.76 bits per heavy atom. The van der Waals surface area contributed by atoms with Gasteiger partial charge in [-0.05, 0) is 55.0 Å². The fourth-order valence-corrected chi connectivity index (χ4v) is 2.75. The summed E-state index contributed by atoms with van der Waals surface area (Å²) in [5, 5.41) is 0. The molecule has 0 radical (unpaired) electrons. The van der Waals surface area contributed by atoms with Crippen molar-refractivity contribution in [3.8, 4) is 5.75 Å². The van der Waals surface area contributed by atoms with E-state index in [-0.39, 0.29) is 11.9 Å². The second-order valence-electron chi connectivity index (χ2n) is 5.87. The number of esters is 1. The van der Waals surface area contributed by atoms with Crippen LogP contribution in [-0.2, 0) is 9.53 Å². The molecule has 0 aromatic heterocycles. The number of para-hydroxylation sites is 1. The van der Waals surface area contributed by atoms with E-state index in [1.807, 2.05) is 42.5 Å². The summed E-state index contributed by atoms with van der Waals surface area (Å²) in [7, 11) is 1.36. The van der Waals surface area contributed by atoms with E-state index in [1.165, 1.54) is 7.11 Å². The molecule has 0 bridgehead atoms. The van der Waals surface area contributed by atoms with Crippen LogP contribution < -0.4 is 4.74 Å². The SMILES string of the molecule is COC(=O)c1ccc(C(CC=O)CCCCOc2ccccc2)cc1. The van der Waals surface area contributed by atoms with Crippen molar-refractivity contribution in [2.75, 3.05) is 13.7 Å². The molecule has 25 heavy (non-hydrogen) atoms. The van der Waals surface area contributed by atoms with Crippen LogP contribution in [0.5, 0.6) is 5.75 Å². The highest BCUT2D eigenvalue weighted by molar-refractivity contribution is 5.89. The Morgan fingerprint density at radius 1 is 1.04 bits per heavy atom. The van der Waals surface area contributed by atoms with Crippen LogP contribution in [0.2, 0.25) is 0 Å². The van der Waals surface area contributed by atoms with Gasteiger partial charge in [0.25, 0.3) is 0 Å². The predicted molar refractivity (Wildman–Crippen MR) is 97.0 cm³/mol. The zero-order chi connectivity index (χ0) is 17.9. The molecular weight excluding hydrogens is 316 g/mol. The van der Waals surface area contributed by atoms with Crippen molar-refractivity contribution in [2.24, 2.45) is 0 Å². The third kappa shape index (κ3) is 6.07. The smallest absolute Gasteiger partial charge is 0.337 e. The molecule has 0 aliphatic carbocycles. The Bertz CT molecular complexity index is 649. The summed E-state index contributed by atoms with van der Waals surface area (Å²) in [5.41, 5.74) is 1.59. The van der Waals surface area contributed by atoms with E-state index in [0.29, 0.717) is 18.6 Å². The number of ether oxygens (including phenoxy) is 2. The van der Waals surface area contributed by atoms with Gasteiger partial charge in [0.2, 0.25) is 0 Å². The van der Waals surface area contributed by atoms with Gasteiger partial charge in [-0.25, -0.2) is 4.79 Å². The Kier molecular flexibility index (Phi) is 7.70. The number of carbonyl (C=O) groups excluding carboxylic acids is 2. The van der Waals surface area contributed by atoms with Crippen molar-refractivity contribution < 1.29 is 19.1 Å². The lowest BCUT2D eigenvalue weighted by Gasteiger charge is -2.15. The van der Waals surface area contributed by atoms with E-state index in [1.54, 1.807) is 12.1 Å². The first-order chi connectivity index (χ1) is 12.2. The van der Waals surface area contributed by atoms with Gasteiger partial charge in [0.05, 0.1) is 19.3 Å². The Morgan fingerprint density at radius 3 is 2.40 bits per heavy atom. The first-order valence-electron chi connectivity index (χ1n) is 8.54. The van der Waals surface area contributed by atoms with Crippen LogP contribution in [-0.4, -0.2) is 26.0 Å². The molecule has 0 saturated heterocycles. The van der Waals surface area contributed by atoms with Crippen molar-refractivity contribution in [1.82, 2.24) is 0 Å². The van der Waals surface area contributed by atoms with Crippen molar-refractivity contribution in [3.05, 3.63) is 65.7 Å². The summed E-state index contributed by atoms with van der Waals surface area (Å²) in [4.78, 5) is 22.5. The van der Waals surface area contributed by atoms with Gasteiger partial charge in [-0.1, -0.05) is 30.3 Å². The van der Waals surface area contributed by atoms with Gasteiger partial charge in [-0.15, -0.1) is 0 Å². The molecule has 1 atom stereocenters. The minimum atomic E-state index is -0.350. The summed E-state index contributed by atoms with van der Waals surface area (Å²) < 4.78 is 10.4. The van der Waals surface area contributed by atoms with E-state index in [4.69, 9.17) is 9.47 Å². The van der Waals surface area contributed by atoms with E-state index in [9.17, 15) is 9.59 Å². The first-order valence-corrected chi connectivity index (χ1v) is 8.54. The number of unbranched alkanes of at least 4 members (excludes halogenated alkanes) is 1. The van der Waals surface area contributed by atoms with Crippen molar-refractivity contribution in [2.45, 2.75) is 31.6 Å². The minimum absolute atomic E-state index is 0.168. The van der Waals surface area contributed by atoms with E-state index in [2.05, 4.69) is 0 Å². The number of methoxy groups -OCH3 is 1. The minimum Gasteiger partial charge on any atom is -0.494 e. The Hall–Kier alpha value is -2.62. The lowest BCUT2D eigenvalue weighted by atomic mass is 9.90. The van der Waals surface area contributed by atoms with Gasteiger partial charge in [-0.2, -0.15) is 0 Å². The second kappa shape index (κ2) is 10.3. The van der Waals surface area contributed by atoms with Crippen LogP contribution in [0.4, 0.5) is 0 Å². The van der Waals surface area contributed by atoms with Crippen LogP contribution in [0.25, 0.3) is 0 Å². The third-order valence-corrected chi connectivity index (χ3v) is 4.14. The summed E-state index contributed by atoms with van der Waals surface area (Å²) in [6, 6.07) is 17.1. The molecule has 4 heteroatoms. The number of hydrogen-bond acceptors (Lipinski definition) is 4. The highest BCUT2D eigenvalue weighted by Gasteiger charge is 2.12. The molecule has 0 aliphatic heterocycles. The van der Waals surface area contributed by atoms with Gasteiger partial charge in [0, 0.05) is 6.42 Å². The maximum Gasteiger partial charge on any atom is 0.337 e. The lowest BCUT2D eigenvalue weighted by Crippen LogP contribution is -2.04. The van der Waals surface area contributed by atoms with E-state index >= 15 is 0 Å². The number of carbonyl (C=O) groups is 2. The van der Waals surface area contributed by atoms with Crippen LogP contribution in [0.3, 0.4) is 0 Å². The molecule has 0 amide bonds. The van der Waals surface area contributed by atoms with Crippen molar-refractivity contribution >= 4 is 12.3 Å². The summed E-state index contributed by atoms with van der Waals surface area (Å²) >= 11 is 0. The van der Waals surface area contributed by atoms with Crippen LogP contribution >= 0.6 is 0 Å².